The van der Waals surface area contributed by atoms with Gasteiger partial charge in [0.05, 0.1) is 6.04 Å². The van der Waals surface area contributed by atoms with Crippen molar-refractivity contribution in [1.82, 2.24) is 0 Å². The van der Waals surface area contributed by atoms with Gasteiger partial charge in [-0.25, -0.2) is 4.39 Å². The first-order valence-electron chi connectivity index (χ1n) is 4.87. The number of rotatable bonds is 3. The van der Waals surface area contributed by atoms with E-state index in [1.807, 2.05) is 6.92 Å². The summed E-state index contributed by atoms with van der Waals surface area (Å²) >= 11 is 0. The number of carbonyl (C=O) groups excluding carboxylic acids is 1. The van der Waals surface area contributed by atoms with Crippen LogP contribution in [0.25, 0.3) is 0 Å². The Bertz CT molecular complexity index is 371. The molecule has 0 spiro atoms. The molecule has 16 heavy (non-hydrogen) atoms. The minimum atomic E-state index is -0.548. The molecule has 1 aromatic carbocycles. The lowest BCUT2D eigenvalue weighted by Gasteiger charge is -2.11. The number of benzene rings is 1. The van der Waals surface area contributed by atoms with Crippen molar-refractivity contribution in [2.24, 2.45) is 5.73 Å². The Morgan fingerprint density at radius 1 is 1.56 bits per heavy atom. The summed E-state index contributed by atoms with van der Waals surface area (Å²) in [5.74, 6) is -0.660. The lowest BCUT2D eigenvalue weighted by atomic mass is 10.1. The standard InChI is InChI=1S/C11H15FN2O.ClH/c1-3-9(13)11(15)14-10-6-8(12)5-4-7(10)2;/h4-6,9H,3,13H2,1-2H3,(H,14,15);1H/t9-;/m0./s1. The average Bonchev–Trinajstić information content (AvgIpc) is 2.22. The summed E-state index contributed by atoms with van der Waals surface area (Å²) in [6, 6.07) is 3.70. The third-order valence-corrected chi connectivity index (χ3v) is 2.23. The molecule has 1 amide bonds. The van der Waals surface area contributed by atoms with Crippen LogP contribution in [0.4, 0.5) is 10.1 Å². The number of nitrogens with one attached hydrogen (secondary N) is 1. The summed E-state index contributed by atoms with van der Waals surface area (Å²) in [6.45, 7) is 3.62. The highest BCUT2D eigenvalue weighted by Crippen LogP contribution is 2.16. The minimum absolute atomic E-state index is 0. The van der Waals surface area contributed by atoms with E-state index < -0.39 is 6.04 Å². The van der Waals surface area contributed by atoms with Crippen LogP contribution >= 0.6 is 12.4 Å². The Hall–Kier alpha value is -1.13. The van der Waals surface area contributed by atoms with Gasteiger partial charge in [-0.2, -0.15) is 0 Å². The van der Waals surface area contributed by atoms with Gasteiger partial charge in [-0.1, -0.05) is 13.0 Å². The van der Waals surface area contributed by atoms with Crippen LogP contribution in [0, 0.1) is 12.7 Å². The third-order valence-electron chi connectivity index (χ3n) is 2.23. The number of nitrogens with two attached hydrogens (primary N) is 1. The Kier molecular flexibility index (Phi) is 6.00. The van der Waals surface area contributed by atoms with Gasteiger partial charge in [-0.15, -0.1) is 12.4 Å². The molecule has 0 aliphatic carbocycles. The molecule has 0 saturated heterocycles. The Balaban J connectivity index is 0.00000225. The van der Waals surface area contributed by atoms with Crippen LogP contribution in [0.15, 0.2) is 18.2 Å². The molecule has 5 heteroatoms. The molecule has 90 valence electrons. The number of hydrogen-bond donors (Lipinski definition) is 2. The van der Waals surface area contributed by atoms with Gasteiger partial charge >= 0.3 is 0 Å². The lowest BCUT2D eigenvalue weighted by Crippen LogP contribution is -2.35. The molecule has 3 nitrogen and oxygen atoms in total. The Labute approximate surface area is 101 Å². The SMILES string of the molecule is CC[C@H](N)C(=O)Nc1cc(F)ccc1C.Cl. The second kappa shape index (κ2) is 6.45. The number of anilines is 1. The molecule has 1 aromatic rings. The second-order valence-electron chi connectivity index (χ2n) is 3.46. The first-order chi connectivity index (χ1) is 7.04. The highest BCUT2D eigenvalue weighted by atomic mass is 35.5. The number of carbonyl (C=O) groups is 1. The summed E-state index contributed by atoms with van der Waals surface area (Å²) in [5, 5.41) is 2.60. The summed E-state index contributed by atoms with van der Waals surface area (Å²) in [4.78, 5) is 11.4. The van der Waals surface area contributed by atoms with Crippen molar-refractivity contribution >= 4 is 24.0 Å². The van der Waals surface area contributed by atoms with Crippen molar-refractivity contribution in [3.8, 4) is 0 Å². The summed E-state index contributed by atoms with van der Waals surface area (Å²) in [5.41, 5.74) is 6.84. The highest BCUT2D eigenvalue weighted by Gasteiger charge is 2.12. The second-order valence-corrected chi connectivity index (χ2v) is 3.46. The monoisotopic (exact) mass is 246 g/mol. The van der Waals surface area contributed by atoms with E-state index in [1.54, 1.807) is 13.0 Å². The number of hydrogen-bond acceptors (Lipinski definition) is 2. The van der Waals surface area contributed by atoms with Crippen molar-refractivity contribution in [3.63, 3.8) is 0 Å². The summed E-state index contributed by atoms with van der Waals surface area (Å²) in [6.07, 6.45) is 0.556. The van der Waals surface area contributed by atoms with Gasteiger partial charge in [-0.05, 0) is 31.0 Å². The fourth-order valence-electron chi connectivity index (χ4n) is 1.14. The Morgan fingerprint density at radius 2 is 2.19 bits per heavy atom. The van der Waals surface area contributed by atoms with E-state index in [2.05, 4.69) is 5.32 Å². The molecule has 3 N–H and O–H groups in total. The largest absolute Gasteiger partial charge is 0.324 e. The summed E-state index contributed by atoms with van der Waals surface area (Å²) in [7, 11) is 0. The van der Waals surface area contributed by atoms with Crippen molar-refractivity contribution < 1.29 is 9.18 Å². The maximum atomic E-state index is 12.9. The smallest absolute Gasteiger partial charge is 0.241 e. The third kappa shape index (κ3) is 3.79. The van der Waals surface area contributed by atoms with E-state index in [4.69, 9.17) is 5.73 Å². The van der Waals surface area contributed by atoms with Crippen LogP contribution in [-0.2, 0) is 4.79 Å². The predicted molar refractivity (Wildman–Crippen MR) is 65.3 cm³/mol. The van der Waals surface area contributed by atoms with E-state index in [0.29, 0.717) is 12.1 Å². The zero-order chi connectivity index (χ0) is 11.4. The van der Waals surface area contributed by atoms with Crippen LogP contribution in [-0.4, -0.2) is 11.9 Å². The van der Waals surface area contributed by atoms with Crippen molar-refractivity contribution in [2.75, 3.05) is 5.32 Å². The van der Waals surface area contributed by atoms with E-state index in [1.165, 1.54) is 12.1 Å². The van der Waals surface area contributed by atoms with Gasteiger partial charge in [0, 0.05) is 5.69 Å². The number of aryl methyl sites for hydroxylation is 1. The fourth-order valence-corrected chi connectivity index (χ4v) is 1.14. The molecule has 0 unspecified atom stereocenters. The van der Waals surface area contributed by atoms with Crippen LogP contribution in [0.2, 0.25) is 0 Å². The molecule has 0 saturated carbocycles. The average molecular weight is 247 g/mol. The zero-order valence-corrected chi connectivity index (χ0v) is 10.1. The molecule has 0 aliphatic rings. The molecular formula is C11H16ClFN2O. The van der Waals surface area contributed by atoms with Crippen LogP contribution in [0.3, 0.4) is 0 Å². The van der Waals surface area contributed by atoms with E-state index in [9.17, 15) is 9.18 Å². The first kappa shape index (κ1) is 14.9. The molecular weight excluding hydrogens is 231 g/mol. The van der Waals surface area contributed by atoms with Crippen molar-refractivity contribution in [3.05, 3.63) is 29.6 Å². The minimum Gasteiger partial charge on any atom is -0.324 e. The summed E-state index contributed by atoms with van der Waals surface area (Å²) < 4.78 is 12.9. The van der Waals surface area contributed by atoms with E-state index in [0.717, 1.165) is 5.56 Å². The number of halogens is 2. The van der Waals surface area contributed by atoms with Gasteiger partial charge in [0.2, 0.25) is 5.91 Å². The van der Waals surface area contributed by atoms with Gasteiger partial charge in [0.1, 0.15) is 5.82 Å². The maximum absolute atomic E-state index is 12.9. The first-order valence-corrected chi connectivity index (χ1v) is 4.87. The van der Waals surface area contributed by atoms with Crippen molar-refractivity contribution in [2.45, 2.75) is 26.3 Å². The maximum Gasteiger partial charge on any atom is 0.241 e. The fraction of sp³-hybridized carbons (Fsp3) is 0.364. The normalized spacial score (nSPS) is 11.5. The Morgan fingerprint density at radius 3 is 2.75 bits per heavy atom. The van der Waals surface area contributed by atoms with E-state index in [-0.39, 0.29) is 24.1 Å². The molecule has 1 atom stereocenters. The molecule has 0 aromatic heterocycles. The number of amides is 1. The van der Waals surface area contributed by atoms with Gasteiger partial charge in [-0.3, -0.25) is 4.79 Å². The van der Waals surface area contributed by atoms with Gasteiger partial charge in [0.15, 0.2) is 0 Å². The van der Waals surface area contributed by atoms with Crippen molar-refractivity contribution in [1.29, 1.82) is 0 Å². The zero-order valence-electron chi connectivity index (χ0n) is 9.29. The molecule has 0 fully saturated rings. The topological polar surface area (TPSA) is 55.1 Å². The highest BCUT2D eigenvalue weighted by molar-refractivity contribution is 5.95. The lowest BCUT2D eigenvalue weighted by molar-refractivity contribution is -0.117. The van der Waals surface area contributed by atoms with Gasteiger partial charge in [0.25, 0.3) is 0 Å². The molecule has 0 aliphatic heterocycles. The van der Waals surface area contributed by atoms with Gasteiger partial charge < -0.3 is 11.1 Å². The molecule has 0 radical (unpaired) electrons. The quantitative estimate of drug-likeness (QED) is 0.859. The van der Waals surface area contributed by atoms with Crippen LogP contribution in [0.5, 0.6) is 0 Å². The van der Waals surface area contributed by atoms with Crippen LogP contribution < -0.4 is 11.1 Å². The molecule has 1 rings (SSSR count). The molecule has 0 bridgehead atoms. The van der Waals surface area contributed by atoms with Crippen LogP contribution in [0.1, 0.15) is 18.9 Å². The predicted octanol–water partition coefficient (Wildman–Crippen LogP) is 2.23. The van der Waals surface area contributed by atoms with E-state index >= 15 is 0 Å². The molecule has 0 heterocycles.